The molecule has 0 fully saturated rings. The summed E-state index contributed by atoms with van der Waals surface area (Å²) in [6, 6.07) is 12.2. The molecule has 4 aromatic rings. The molecule has 152 valence electrons. The summed E-state index contributed by atoms with van der Waals surface area (Å²) in [5.41, 5.74) is 5.80. The lowest BCUT2D eigenvalue weighted by Gasteiger charge is -2.18. The fraction of sp³-hybridized carbons (Fsp3) is 0.261. The molecule has 2 aromatic heterocycles. The molecule has 0 saturated carbocycles. The third kappa shape index (κ3) is 3.35. The predicted octanol–water partition coefficient (Wildman–Crippen LogP) is 5.02. The van der Waals surface area contributed by atoms with E-state index in [1.807, 2.05) is 19.1 Å². The summed E-state index contributed by atoms with van der Waals surface area (Å²) < 4.78 is 0. The van der Waals surface area contributed by atoms with Crippen molar-refractivity contribution in [1.82, 2.24) is 15.0 Å². The molecule has 0 saturated heterocycles. The zero-order chi connectivity index (χ0) is 20.7. The molecule has 0 unspecified atom stereocenters. The maximum atomic E-state index is 12.8. The Labute approximate surface area is 179 Å². The van der Waals surface area contributed by atoms with E-state index in [9.17, 15) is 4.79 Å². The van der Waals surface area contributed by atoms with Crippen LogP contribution in [0.1, 0.15) is 34.1 Å². The minimum atomic E-state index is -0.197. The molecule has 0 aliphatic carbocycles. The number of anilines is 2. The topological polar surface area (TPSA) is 73.9 Å². The standard InChI is InChI=1S/C23H23N5OS/c1-3-10-28-11-9-15-12-16(7-8-19(15)28)21-25-18-6-4-5-17(20(18)26-21)22(29)27-23-24-13-14(2)30-23/h4-8,12-13H,3,9-11H2,1-2H3,(H,25,26)(H,24,27,29). The van der Waals surface area contributed by atoms with Crippen LogP contribution in [0.3, 0.4) is 0 Å². The first-order valence-corrected chi connectivity index (χ1v) is 11.0. The number of nitrogens with one attached hydrogen (secondary N) is 2. The fourth-order valence-corrected chi connectivity index (χ4v) is 4.71. The summed E-state index contributed by atoms with van der Waals surface area (Å²) in [6.45, 7) is 6.34. The van der Waals surface area contributed by atoms with E-state index in [2.05, 4.69) is 45.3 Å². The molecule has 3 heterocycles. The van der Waals surface area contributed by atoms with Crippen LogP contribution in [-0.4, -0.2) is 33.9 Å². The number of carbonyl (C=O) groups is 1. The van der Waals surface area contributed by atoms with Crippen molar-refractivity contribution < 1.29 is 4.79 Å². The Kier molecular flexibility index (Phi) is 4.75. The zero-order valence-corrected chi connectivity index (χ0v) is 17.8. The predicted molar refractivity (Wildman–Crippen MR) is 123 cm³/mol. The summed E-state index contributed by atoms with van der Waals surface area (Å²) >= 11 is 1.46. The minimum Gasteiger partial charge on any atom is -0.371 e. The van der Waals surface area contributed by atoms with Crippen molar-refractivity contribution in [3.63, 3.8) is 0 Å². The van der Waals surface area contributed by atoms with Gasteiger partial charge in [-0.3, -0.25) is 10.1 Å². The van der Waals surface area contributed by atoms with E-state index in [1.54, 1.807) is 12.3 Å². The van der Waals surface area contributed by atoms with Crippen molar-refractivity contribution >= 4 is 39.1 Å². The molecule has 5 rings (SSSR count). The average Bonchev–Trinajstić information content (AvgIpc) is 3.46. The Bertz CT molecular complexity index is 1240. The van der Waals surface area contributed by atoms with Crippen molar-refractivity contribution in [2.24, 2.45) is 0 Å². The van der Waals surface area contributed by atoms with E-state index in [4.69, 9.17) is 4.98 Å². The number of H-pyrrole nitrogens is 1. The van der Waals surface area contributed by atoms with Gasteiger partial charge in [-0.05, 0) is 55.7 Å². The molecule has 30 heavy (non-hydrogen) atoms. The zero-order valence-electron chi connectivity index (χ0n) is 17.0. The highest BCUT2D eigenvalue weighted by Gasteiger charge is 2.20. The third-order valence-electron chi connectivity index (χ3n) is 5.44. The summed E-state index contributed by atoms with van der Waals surface area (Å²) in [5.74, 6) is 0.587. The first-order chi connectivity index (χ1) is 14.6. The van der Waals surface area contributed by atoms with Crippen LogP contribution in [0.25, 0.3) is 22.4 Å². The molecule has 0 spiro atoms. The van der Waals surface area contributed by atoms with E-state index < -0.39 is 0 Å². The van der Waals surface area contributed by atoms with Crippen LogP contribution in [0, 0.1) is 6.92 Å². The smallest absolute Gasteiger partial charge is 0.259 e. The van der Waals surface area contributed by atoms with Gasteiger partial charge in [-0.2, -0.15) is 0 Å². The van der Waals surface area contributed by atoms with Gasteiger partial charge in [-0.15, -0.1) is 11.3 Å². The summed E-state index contributed by atoms with van der Waals surface area (Å²) in [7, 11) is 0. The number of aromatic nitrogens is 3. The molecule has 2 aromatic carbocycles. The molecule has 1 aliphatic rings. The fourth-order valence-electron chi connectivity index (χ4n) is 4.05. The molecular formula is C23H23N5OS. The van der Waals surface area contributed by atoms with Gasteiger partial charge >= 0.3 is 0 Å². The van der Waals surface area contributed by atoms with Crippen molar-refractivity contribution in [3.8, 4) is 11.4 Å². The molecule has 1 aliphatic heterocycles. The highest BCUT2D eigenvalue weighted by atomic mass is 32.1. The Morgan fingerprint density at radius 3 is 3.00 bits per heavy atom. The molecule has 2 N–H and O–H groups in total. The van der Waals surface area contributed by atoms with Gasteiger partial charge in [0.1, 0.15) is 11.3 Å². The molecule has 0 radical (unpaired) electrons. The van der Waals surface area contributed by atoms with Gasteiger partial charge < -0.3 is 9.88 Å². The number of imidazole rings is 1. The number of carbonyl (C=O) groups excluding carboxylic acids is 1. The second kappa shape index (κ2) is 7.57. The molecular weight excluding hydrogens is 394 g/mol. The monoisotopic (exact) mass is 417 g/mol. The molecule has 6 nitrogen and oxygen atoms in total. The maximum absolute atomic E-state index is 12.8. The van der Waals surface area contributed by atoms with E-state index in [0.29, 0.717) is 16.2 Å². The second-order valence-electron chi connectivity index (χ2n) is 7.60. The Balaban J connectivity index is 1.47. The van der Waals surface area contributed by atoms with Gasteiger partial charge in [0.05, 0.1) is 11.1 Å². The second-order valence-corrected chi connectivity index (χ2v) is 8.83. The first-order valence-electron chi connectivity index (χ1n) is 10.2. The molecule has 7 heteroatoms. The van der Waals surface area contributed by atoms with Gasteiger partial charge in [0.15, 0.2) is 5.13 Å². The van der Waals surface area contributed by atoms with Gasteiger partial charge in [-0.25, -0.2) is 9.97 Å². The van der Waals surface area contributed by atoms with Crippen molar-refractivity contribution in [2.75, 3.05) is 23.3 Å². The van der Waals surface area contributed by atoms with E-state index in [0.717, 1.165) is 47.7 Å². The maximum Gasteiger partial charge on any atom is 0.259 e. The summed E-state index contributed by atoms with van der Waals surface area (Å²) in [5, 5.41) is 3.48. The highest BCUT2D eigenvalue weighted by Crippen LogP contribution is 2.32. The van der Waals surface area contributed by atoms with Crippen LogP contribution in [0.5, 0.6) is 0 Å². The lowest BCUT2D eigenvalue weighted by molar-refractivity contribution is 0.102. The van der Waals surface area contributed by atoms with Crippen LogP contribution in [0.4, 0.5) is 10.8 Å². The van der Waals surface area contributed by atoms with E-state index in [1.165, 1.54) is 22.6 Å². The van der Waals surface area contributed by atoms with Gasteiger partial charge in [0, 0.05) is 35.4 Å². The largest absolute Gasteiger partial charge is 0.371 e. The Morgan fingerprint density at radius 2 is 2.20 bits per heavy atom. The van der Waals surface area contributed by atoms with E-state index in [-0.39, 0.29) is 5.91 Å². The summed E-state index contributed by atoms with van der Waals surface area (Å²) in [6.07, 6.45) is 3.96. The number of hydrogen-bond donors (Lipinski definition) is 2. The van der Waals surface area contributed by atoms with Crippen molar-refractivity contribution in [3.05, 3.63) is 58.6 Å². The van der Waals surface area contributed by atoms with Crippen LogP contribution in [0.2, 0.25) is 0 Å². The number of para-hydroxylation sites is 1. The number of amides is 1. The molecule has 0 atom stereocenters. The van der Waals surface area contributed by atoms with E-state index >= 15 is 0 Å². The normalized spacial score (nSPS) is 13.1. The van der Waals surface area contributed by atoms with Crippen molar-refractivity contribution in [1.29, 1.82) is 0 Å². The van der Waals surface area contributed by atoms with Crippen LogP contribution < -0.4 is 10.2 Å². The Morgan fingerprint density at radius 1 is 1.30 bits per heavy atom. The lowest BCUT2D eigenvalue weighted by Crippen LogP contribution is -2.20. The number of rotatable bonds is 5. The van der Waals surface area contributed by atoms with Crippen LogP contribution in [-0.2, 0) is 6.42 Å². The highest BCUT2D eigenvalue weighted by molar-refractivity contribution is 7.15. The SMILES string of the molecule is CCCN1CCc2cc(-c3nc4c(C(=O)Nc5ncc(C)s5)cccc4[nH]3)ccc21. The van der Waals surface area contributed by atoms with Crippen LogP contribution in [0.15, 0.2) is 42.6 Å². The lowest BCUT2D eigenvalue weighted by atomic mass is 10.1. The summed E-state index contributed by atoms with van der Waals surface area (Å²) in [4.78, 5) is 28.7. The van der Waals surface area contributed by atoms with Crippen LogP contribution >= 0.6 is 11.3 Å². The van der Waals surface area contributed by atoms with Gasteiger partial charge in [0.25, 0.3) is 5.91 Å². The Hall–Kier alpha value is -3.19. The third-order valence-corrected chi connectivity index (χ3v) is 6.27. The number of benzene rings is 2. The first kappa shape index (κ1) is 18.8. The quantitative estimate of drug-likeness (QED) is 0.478. The number of nitrogens with zero attached hydrogens (tertiary/aromatic N) is 3. The number of fused-ring (bicyclic) bond motifs is 2. The number of aromatic amines is 1. The molecule has 1 amide bonds. The number of hydrogen-bond acceptors (Lipinski definition) is 5. The van der Waals surface area contributed by atoms with Crippen molar-refractivity contribution in [2.45, 2.75) is 26.7 Å². The van der Waals surface area contributed by atoms with Gasteiger partial charge in [0.2, 0.25) is 0 Å². The minimum absolute atomic E-state index is 0.197. The average molecular weight is 418 g/mol. The number of aryl methyl sites for hydroxylation is 1. The number of thiazole rings is 1. The molecule has 0 bridgehead atoms. The van der Waals surface area contributed by atoms with Gasteiger partial charge in [-0.1, -0.05) is 13.0 Å².